The van der Waals surface area contributed by atoms with Crippen molar-refractivity contribution in [1.29, 1.82) is 0 Å². The summed E-state index contributed by atoms with van der Waals surface area (Å²) in [5.41, 5.74) is 0. The van der Waals surface area contributed by atoms with Crippen LogP contribution >= 0.6 is 22.6 Å². The summed E-state index contributed by atoms with van der Waals surface area (Å²) in [4.78, 5) is 0. The third kappa shape index (κ3) is 8.47. The van der Waals surface area contributed by atoms with Crippen molar-refractivity contribution in [2.24, 2.45) is 0 Å². The van der Waals surface area contributed by atoms with E-state index in [2.05, 4.69) is 41.7 Å². The first kappa shape index (κ1) is 10.5. The number of allylic oxidation sites excluding steroid dienone is 2. The minimum atomic E-state index is 1.28. The predicted octanol–water partition coefficient (Wildman–Crippen LogP) is 3.95. The predicted molar refractivity (Wildman–Crippen MR) is 56.8 cm³/mol. The van der Waals surface area contributed by atoms with Crippen molar-refractivity contribution in [3.05, 3.63) is 12.2 Å². The topological polar surface area (TPSA) is 0 Å². The fourth-order valence-corrected chi connectivity index (χ4v) is 1.42. The van der Waals surface area contributed by atoms with E-state index in [0.29, 0.717) is 0 Å². The molecule has 0 aliphatic carbocycles. The first-order valence-corrected chi connectivity index (χ1v) is 5.61. The minimum Gasteiger partial charge on any atom is -0.0917 e. The van der Waals surface area contributed by atoms with Gasteiger partial charge in [0.1, 0.15) is 0 Å². The van der Waals surface area contributed by atoms with Gasteiger partial charge < -0.3 is 0 Å². The van der Waals surface area contributed by atoms with Crippen LogP contribution in [0.1, 0.15) is 39.0 Å². The van der Waals surface area contributed by atoms with Crippen LogP contribution in [0.5, 0.6) is 0 Å². The highest BCUT2D eigenvalue weighted by molar-refractivity contribution is 14.1. The summed E-state index contributed by atoms with van der Waals surface area (Å²) in [6, 6.07) is 0. The number of unbranched alkanes of at least 4 members (excludes halogenated alkanes) is 4. The molecule has 0 aromatic rings. The average Bonchev–Trinajstić information content (AvgIpc) is 1.97. The van der Waals surface area contributed by atoms with E-state index in [1.54, 1.807) is 0 Å². The molecule has 10 heavy (non-hydrogen) atoms. The van der Waals surface area contributed by atoms with Crippen molar-refractivity contribution in [3.8, 4) is 0 Å². The summed E-state index contributed by atoms with van der Waals surface area (Å²) >= 11 is 2.44. The standard InChI is InChI=1S/C9H17I/c1-2-3-4-5-6-7-8-9-10/h2-3H,4-9H2,1H3. The smallest absolute Gasteiger partial charge is 0.000473 e. The van der Waals surface area contributed by atoms with E-state index in [1.165, 1.54) is 36.5 Å². The fourth-order valence-electron chi connectivity index (χ4n) is 0.877. The lowest BCUT2D eigenvalue weighted by Gasteiger charge is -1.94. The van der Waals surface area contributed by atoms with Gasteiger partial charge >= 0.3 is 0 Å². The minimum absolute atomic E-state index is 1.28. The van der Waals surface area contributed by atoms with Crippen molar-refractivity contribution in [3.63, 3.8) is 0 Å². The summed E-state index contributed by atoms with van der Waals surface area (Å²) in [6.07, 6.45) is 11.3. The lowest BCUT2D eigenvalue weighted by atomic mass is 10.1. The van der Waals surface area contributed by atoms with Crippen molar-refractivity contribution in [2.75, 3.05) is 4.43 Å². The van der Waals surface area contributed by atoms with Crippen LogP contribution in [0.3, 0.4) is 0 Å². The van der Waals surface area contributed by atoms with Crippen LogP contribution in [0.4, 0.5) is 0 Å². The first-order valence-electron chi connectivity index (χ1n) is 4.09. The molecule has 0 unspecified atom stereocenters. The van der Waals surface area contributed by atoms with E-state index >= 15 is 0 Å². The van der Waals surface area contributed by atoms with Gasteiger partial charge in [-0.15, -0.1) is 0 Å². The maximum absolute atomic E-state index is 2.44. The van der Waals surface area contributed by atoms with Crippen LogP contribution < -0.4 is 0 Å². The molecule has 0 heterocycles. The summed E-state index contributed by atoms with van der Waals surface area (Å²) in [5.74, 6) is 0. The van der Waals surface area contributed by atoms with Crippen molar-refractivity contribution < 1.29 is 0 Å². The monoisotopic (exact) mass is 252 g/mol. The van der Waals surface area contributed by atoms with Gasteiger partial charge in [0.05, 0.1) is 0 Å². The van der Waals surface area contributed by atoms with Crippen LogP contribution in [0, 0.1) is 0 Å². The molecular weight excluding hydrogens is 235 g/mol. The Labute approximate surface area is 78.2 Å². The van der Waals surface area contributed by atoms with E-state index in [-0.39, 0.29) is 0 Å². The molecule has 0 saturated heterocycles. The molecule has 1 heteroatoms. The van der Waals surface area contributed by atoms with E-state index in [4.69, 9.17) is 0 Å². The molecule has 0 aromatic heterocycles. The third-order valence-corrected chi connectivity index (χ3v) is 2.25. The van der Waals surface area contributed by atoms with Gasteiger partial charge in [-0.25, -0.2) is 0 Å². The summed E-state index contributed by atoms with van der Waals surface area (Å²) < 4.78 is 1.32. The van der Waals surface area contributed by atoms with Gasteiger partial charge in [-0.05, 0) is 30.6 Å². The molecule has 0 bridgehead atoms. The van der Waals surface area contributed by atoms with Gasteiger partial charge in [0, 0.05) is 0 Å². The molecular formula is C9H17I. The third-order valence-electron chi connectivity index (χ3n) is 1.49. The summed E-state index contributed by atoms with van der Waals surface area (Å²) in [7, 11) is 0. The SMILES string of the molecule is CC=CCCCCCCI. The van der Waals surface area contributed by atoms with Gasteiger partial charge in [-0.2, -0.15) is 0 Å². The largest absolute Gasteiger partial charge is 0.0917 e. The highest BCUT2D eigenvalue weighted by atomic mass is 127. The quantitative estimate of drug-likeness (QED) is 0.290. The molecule has 0 aromatic carbocycles. The molecule has 0 spiro atoms. The van der Waals surface area contributed by atoms with Gasteiger partial charge in [0.25, 0.3) is 0 Å². The van der Waals surface area contributed by atoms with E-state index in [9.17, 15) is 0 Å². The molecule has 0 aliphatic rings. The van der Waals surface area contributed by atoms with Crippen LogP contribution in [0.25, 0.3) is 0 Å². The first-order chi connectivity index (χ1) is 4.91. The lowest BCUT2D eigenvalue weighted by Crippen LogP contribution is -1.77. The summed E-state index contributed by atoms with van der Waals surface area (Å²) in [6.45, 7) is 2.09. The highest BCUT2D eigenvalue weighted by Gasteiger charge is 1.85. The number of hydrogen-bond donors (Lipinski definition) is 0. The van der Waals surface area contributed by atoms with Crippen LogP contribution in [0.2, 0.25) is 0 Å². The zero-order valence-electron chi connectivity index (χ0n) is 6.78. The second kappa shape index (κ2) is 9.47. The van der Waals surface area contributed by atoms with Crippen molar-refractivity contribution in [1.82, 2.24) is 0 Å². The van der Waals surface area contributed by atoms with Gasteiger partial charge in [0.15, 0.2) is 0 Å². The average molecular weight is 252 g/mol. The fraction of sp³-hybridized carbons (Fsp3) is 0.778. The second-order valence-corrected chi connectivity index (χ2v) is 3.54. The van der Waals surface area contributed by atoms with E-state index in [0.717, 1.165) is 0 Å². The molecule has 0 radical (unpaired) electrons. The Kier molecular flexibility index (Phi) is 9.92. The number of hydrogen-bond acceptors (Lipinski definition) is 0. The van der Waals surface area contributed by atoms with E-state index < -0.39 is 0 Å². The normalized spacial score (nSPS) is 11.0. The Morgan fingerprint density at radius 3 is 2.40 bits per heavy atom. The van der Waals surface area contributed by atoms with Gasteiger partial charge in [-0.1, -0.05) is 47.6 Å². The Morgan fingerprint density at radius 2 is 1.80 bits per heavy atom. The Morgan fingerprint density at radius 1 is 1.10 bits per heavy atom. The zero-order valence-corrected chi connectivity index (χ0v) is 8.93. The second-order valence-electron chi connectivity index (χ2n) is 2.46. The molecule has 0 aliphatic heterocycles. The maximum atomic E-state index is 2.44. The van der Waals surface area contributed by atoms with Gasteiger partial charge in [-0.3, -0.25) is 0 Å². The van der Waals surface area contributed by atoms with Gasteiger partial charge in [0.2, 0.25) is 0 Å². The molecule has 0 saturated carbocycles. The summed E-state index contributed by atoms with van der Waals surface area (Å²) in [5, 5.41) is 0. The molecule has 0 rings (SSSR count). The van der Waals surface area contributed by atoms with Crippen LogP contribution in [-0.4, -0.2) is 4.43 Å². The molecule has 0 atom stereocenters. The number of rotatable bonds is 6. The highest BCUT2D eigenvalue weighted by Crippen LogP contribution is 2.04. The number of alkyl halides is 1. The van der Waals surface area contributed by atoms with Crippen LogP contribution in [0.15, 0.2) is 12.2 Å². The number of halogens is 1. The zero-order chi connectivity index (χ0) is 7.66. The maximum Gasteiger partial charge on any atom is -0.000473 e. The molecule has 0 N–H and O–H groups in total. The van der Waals surface area contributed by atoms with E-state index in [1.807, 2.05) is 0 Å². The van der Waals surface area contributed by atoms with Crippen molar-refractivity contribution >= 4 is 22.6 Å². The molecule has 0 nitrogen and oxygen atoms in total. The van der Waals surface area contributed by atoms with Crippen molar-refractivity contribution in [2.45, 2.75) is 39.0 Å². The Hall–Kier alpha value is 0.470. The molecule has 0 fully saturated rings. The molecule has 0 amide bonds. The van der Waals surface area contributed by atoms with Crippen LogP contribution in [-0.2, 0) is 0 Å². The Balaban J connectivity index is 2.77. The lowest BCUT2D eigenvalue weighted by molar-refractivity contribution is 0.681. The molecule has 60 valence electrons. The Bertz CT molecular complexity index is 76.8.